The maximum absolute atomic E-state index is 11.4. The SMILES string of the molecule is O=C1CCC2=C(CCCNC2=O)N1. The van der Waals surface area contributed by atoms with Crippen LogP contribution in [0, 0.1) is 0 Å². The zero-order chi connectivity index (χ0) is 9.26. The minimum atomic E-state index is -0.00694. The Morgan fingerprint density at radius 3 is 2.77 bits per heavy atom. The minimum absolute atomic E-state index is 0.00694. The normalized spacial score (nSPS) is 23.1. The van der Waals surface area contributed by atoms with Crippen LogP contribution in [-0.4, -0.2) is 18.4 Å². The first-order chi connectivity index (χ1) is 6.27. The van der Waals surface area contributed by atoms with Gasteiger partial charge < -0.3 is 10.6 Å². The molecule has 2 aliphatic rings. The Morgan fingerprint density at radius 2 is 1.92 bits per heavy atom. The van der Waals surface area contributed by atoms with Crippen LogP contribution in [0.2, 0.25) is 0 Å². The predicted molar refractivity (Wildman–Crippen MR) is 46.6 cm³/mol. The molecule has 4 nitrogen and oxygen atoms in total. The van der Waals surface area contributed by atoms with Gasteiger partial charge in [-0.2, -0.15) is 0 Å². The monoisotopic (exact) mass is 180 g/mol. The second-order valence-electron chi connectivity index (χ2n) is 3.36. The van der Waals surface area contributed by atoms with Gasteiger partial charge in [-0.05, 0) is 19.3 Å². The van der Waals surface area contributed by atoms with Crippen molar-refractivity contribution in [3.63, 3.8) is 0 Å². The summed E-state index contributed by atoms with van der Waals surface area (Å²) in [5.41, 5.74) is 1.61. The van der Waals surface area contributed by atoms with E-state index in [-0.39, 0.29) is 11.8 Å². The minimum Gasteiger partial charge on any atom is -0.352 e. The highest BCUT2D eigenvalue weighted by molar-refractivity contribution is 5.97. The van der Waals surface area contributed by atoms with Crippen molar-refractivity contribution >= 4 is 11.8 Å². The number of allylic oxidation sites excluding steroid dienone is 1. The fourth-order valence-electron chi connectivity index (χ4n) is 1.73. The van der Waals surface area contributed by atoms with Gasteiger partial charge in [-0.3, -0.25) is 9.59 Å². The molecule has 0 aromatic carbocycles. The number of amides is 2. The molecule has 0 bridgehead atoms. The number of hydrogen-bond acceptors (Lipinski definition) is 2. The molecule has 0 spiro atoms. The van der Waals surface area contributed by atoms with Crippen LogP contribution >= 0.6 is 0 Å². The van der Waals surface area contributed by atoms with Crippen molar-refractivity contribution in [2.45, 2.75) is 25.7 Å². The highest BCUT2D eigenvalue weighted by atomic mass is 16.2. The van der Waals surface area contributed by atoms with Crippen LogP contribution in [0.1, 0.15) is 25.7 Å². The summed E-state index contributed by atoms with van der Waals surface area (Å²) in [4.78, 5) is 22.5. The lowest BCUT2D eigenvalue weighted by molar-refractivity contribution is -0.121. The van der Waals surface area contributed by atoms with E-state index in [4.69, 9.17) is 0 Å². The molecule has 2 heterocycles. The standard InChI is InChI=1S/C9H12N2O2/c12-8-4-3-6-7(11-8)2-1-5-10-9(6)13/h1-5H2,(H,10,13)(H,11,12). The molecular formula is C9H12N2O2. The summed E-state index contributed by atoms with van der Waals surface area (Å²) in [5, 5.41) is 5.58. The zero-order valence-corrected chi connectivity index (χ0v) is 7.35. The van der Waals surface area contributed by atoms with E-state index >= 15 is 0 Å². The lowest BCUT2D eigenvalue weighted by atomic mass is 10.0. The van der Waals surface area contributed by atoms with E-state index < -0.39 is 0 Å². The Hall–Kier alpha value is -1.32. The molecule has 0 saturated heterocycles. The van der Waals surface area contributed by atoms with Gasteiger partial charge in [-0.25, -0.2) is 0 Å². The molecule has 0 aliphatic carbocycles. The molecule has 2 amide bonds. The van der Waals surface area contributed by atoms with Gasteiger partial charge in [0, 0.05) is 24.2 Å². The molecule has 0 unspecified atom stereocenters. The molecular weight excluding hydrogens is 168 g/mol. The molecule has 2 aliphatic heterocycles. The van der Waals surface area contributed by atoms with Crippen LogP contribution in [0.4, 0.5) is 0 Å². The quantitative estimate of drug-likeness (QED) is 0.554. The van der Waals surface area contributed by atoms with Crippen LogP contribution in [0.5, 0.6) is 0 Å². The third kappa shape index (κ3) is 1.56. The van der Waals surface area contributed by atoms with E-state index in [1.54, 1.807) is 0 Å². The van der Waals surface area contributed by atoms with Gasteiger partial charge in [0.1, 0.15) is 0 Å². The number of carbonyl (C=O) groups excluding carboxylic acids is 2. The van der Waals surface area contributed by atoms with Crippen molar-refractivity contribution in [3.05, 3.63) is 11.3 Å². The van der Waals surface area contributed by atoms with Crippen molar-refractivity contribution in [3.8, 4) is 0 Å². The summed E-state index contributed by atoms with van der Waals surface area (Å²) in [6.07, 6.45) is 2.74. The molecule has 70 valence electrons. The van der Waals surface area contributed by atoms with Gasteiger partial charge in [0.25, 0.3) is 0 Å². The van der Waals surface area contributed by atoms with E-state index in [0.717, 1.165) is 24.1 Å². The van der Waals surface area contributed by atoms with Crippen LogP contribution in [-0.2, 0) is 9.59 Å². The first-order valence-electron chi connectivity index (χ1n) is 4.57. The zero-order valence-electron chi connectivity index (χ0n) is 7.35. The molecule has 0 fully saturated rings. The summed E-state index contributed by atoms with van der Waals surface area (Å²) in [7, 11) is 0. The van der Waals surface area contributed by atoms with Crippen molar-refractivity contribution < 1.29 is 9.59 Å². The fourth-order valence-corrected chi connectivity index (χ4v) is 1.73. The van der Waals surface area contributed by atoms with Gasteiger partial charge >= 0.3 is 0 Å². The average Bonchev–Trinajstić information content (AvgIpc) is 2.28. The molecule has 2 rings (SSSR count). The summed E-state index contributed by atoms with van der Waals surface area (Å²) in [5.74, 6) is 0.0287. The van der Waals surface area contributed by atoms with Crippen molar-refractivity contribution in [1.82, 2.24) is 10.6 Å². The first kappa shape index (κ1) is 8.29. The second kappa shape index (κ2) is 3.20. The third-order valence-electron chi connectivity index (χ3n) is 2.42. The second-order valence-corrected chi connectivity index (χ2v) is 3.36. The number of rotatable bonds is 0. The maximum Gasteiger partial charge on any atom is 0.248 e. The number of hydrogen-bond donors (Lipinski definition) is 2. The van der Waals surface area contributed by atoms with Gasteiger partial charge in [0.05, 0.1) is 0 Å². The van der Waals surface area contributed by atoms with E-state index in [0.29, 0.717) is 19.4 Å². The smallest absolute Gasteiger partial charge is 0.248 e. The van der Waals surface area contributed by atoms with Crippen molar-refractivity contribution in [2.75, 3.05) is 6.54 Å². The summed E-state index contributed by atoms with van der Waals surface area (Å²) in [6.45, 7) is 0.710. The molecule has 0 radical (unpaired) electrons. The maximum atomic E-state index is 11.4. The Balaban J connectivity index is 2.28. The fraction of sp³-hybridized carbons (Fsp3) is 0.556. The van der Waals surface area contributed by atoms with Gasteiger partial charge in [0.2, 0.25) is 11.8 Å². The van der Waals surface area contributed by atoms with Gasteiger partial charge in [-0.1, -0.05) is 0 Å². The lowest BCUT2D eigenvalue weighted by Gasteiger charge is -2.17. The Bertz CT molecular complexity index is 294. The Labute approximate surface area is 76.4 Å². The molecule has 0 aromatic heterocycles. The summed E-state index contributed by atoms with van der Waals surface area (Å²) in [6, 6.07) is 0. The molecule has 2 N–H and O–H groups in total. The topological polar surface area (TPSA) is 58.2 Å². The van der Waals surface area contributed by atoms with E-state index in [2.05, 4.69) is 10.6 Å². The van der Waals surface area contributed by atoms with Gasteiger partial charge in [0.15, 0.2) is 0 Å². The van der Waals surface area contributed by atoms with E-state index in [9.17, 15) is 9.59 Å². The van der Waals surface area contributed by atoms with E-state index in [1.807, 2.05) is 0 Å². The number of carbonyl (C=O) groups is 2. The Morgan fingerprint density at radius 1 is 1.08 bits per heavy atom. The lowest BCUT2D eigenvalue weighted by Crippen LogP contribution is -2.32. The third-order valence-corrected chi connectivity index (χ3v) is 2.42. The summed E-state index contributed by atoms with van der Waals surface area (Å²) < 4.78 is 0. The highest BCUT2D eigenvalue weighted by Crippen LogP contribution is 2.20. The highest BCUT2D eigenvalue weighted by Gasteiger charge is 2.24. The van der Waals surface area contributed by atoms with Crippen molar-refractivity contribution in [1.29, 1.82) is 0 Å². The van der Waals surface area contributed by atoms with Crippen molar-refractivity contribution in [2.24, 2.45) is 0 Å². The van der Waals surface area contributed by atoms with Crippen LogP contribution < -0.4 is 10.6 Å². The molecule has 0 aromatic rings. The predicted octanol–water partition coefficient (Wildman–Crippen LogP) is 0.0605. The molecule has 0 atom stereocenters. The average molecular weight is 180 g/mol. The van der Waals surface area contributed by atoms with E-state index in [1.165, 1.54) is 0 Å². The van der Waals surface area contributed by atoms with Crippen LogP contribution in [0.3, 0.4) is 0 Å². The largest absolute Gasteiger partial charge is 0.352 e. The van der Waals surface area contributed by atoms with Crippen LogP contribution in [0.15, 0.2) is 11.3 Å². The van der Waals surface area contributed by atoms with Crippen LogP contribution in [0.25, 0.3) is 0 Å². The van der Waals surface area contributed by atoms with Gasteiger partial charge in [-0.15, -0.1) is 0 Å². The molecule has 13 heavy (non-hydrogen) atoms. The summed E-state index contributed by atoms with van der Waals surface area (Å²) >= 11 is 0. The molecule has 0 saturated carbocycles. The number of nitrogens with one attached hydrogen (secondary N) is 2. The molecule has 4 heteroatoms. The Kier molecular flexibility index (Phi) is 2.04. The first-order valence-corrected chi connectivity index (χ1v) is 4.57.